The maximum absolute atomic E-state index is 10.5. The molecule has 0 radical (unpaired) electrons. The van der Waals surface area contributed by atoms with Gasteiger partial charge in [0, 0.05) is 19.2 Å². The Morgan fingerprint density at radius 1 is 1.55 bits per heavy atom. The number of hydrogen-bond acceptors (Lipinski definition) is 4. The molecule has 0 aliphatic heterocycles. The summed E-state index contributed by atoms with van der Waals surface area (Å²) in [6.07, 6.45) is 1.09. The lowest BCUT2D eigenvalue weighted by atomic mass is 10.8. The summed E-state index contributed by atoms with van der Waals surface area (Å²) in [5.41, 5.74) is 0. The average molecular weight is 197 g/mol. The maximum Gasteiger partial charge on any atom is 0.208 e. The Balaban J connectivity index is 3.37. The monoisotopic (exact) mass is 197 g/mol. The molecule has 0 rings (SSSR count). The van der Waals surface area contributed by atoms with Crippen LogP contribution in [0.25, 0.3) is 0 Å². The van der Waals surface area contributed by atoms with Gasteiger partial charge in [0.25, 0.3) is 0 Å². The van der Waals surface area contributed by atoms with E-state index in [0.717, 1.165) is 18.0 Å². The fraction of sp³-hybridized carbons (Fsp3) is 0.800. The van der Waals surface area contributed by atoms with E-state index in [9.17, 15) is 13.2 Å². The second-order valence-corrected chi connectivity index (χ2v) is 5.11. The molecule has 1 N–H and O–H groups in total. The van der Waals surface area contributed by atoms with E-state index in [1.165, 1.54) is 6.92 Å². The van der Waals surface area contributed by atoms with Crippen LogP contribution in [0.4, 0.5) is 0 Å². The summed E-state index contributed by atoms with van der Waals surface area (Å²) < 4.78 is 23.2. The van der Waals surface area contributed by atoms with Crippen LogP contribution in [-0.4, -0.2) is 32.1 Å². The third kappa shape index (κ3) is 9.93. The highest BCUT2D eigenvalue weighted by Gasteiger charge is 1.99. The minimum Gasteiger partial charge on any atom is -0.288 e. The van der Waals surface area contributed by atoms with Crippen LogP contribution < -0.4 is 4.72 Å². The number of rotatable bonds is 4. The second kappa shape index (κ2) is 4.74. The molecule has 66 valence electrons. The first-order chi connectivity index (χ1) is 4.92. The highest BCUT2D eigenvalue weighted by molar-refractivity contribution is 8.13. The second-order valence-electron chi connectivity index (χ2n) is 2.01. The van der Waals surface area contributed by atoms with Crippen molar-refractivity contribution in [3.8, 4) is 0 Å². The Morgan fingerprint density at radius 2 is 2.09 bits per heavy atom. The predicted octanol–water partition coefficient (Wildman–Crippen LogP) is -0.185. The zero-order valence-corrected chi connectivity index (χ0v) is 8.09. The van der Waals surface area contributed by atoms with Crippen molar-refractivity contribution in [2.24, 2.45) is 0 Å². The summed E-state index contributed by atoms with van der Waals surface area (Å²) in [6, 6.07) is 0. The van der Waals surface area contributed by atoms with Gasteiger partial charge in [0.15, 0.2) is 5.12 Å². The third-order valence-electron chi connectivity index (χ3n) is 0.772. The maximum atomic E-state index is 10.5. The molecular weight excluding hydrogens is 186 g/mol. The SMILES string of the molecule is CC(=O)SCCNS(C)(=O)=O. The first kappa shape index (κ1) is 10.9. The summed E-state index contributed by atoms with van der Waals surface area (Å²) in [6.45, 7) is 1.76. The Morgan fingerprint density at radius 3 is 2.45 bits per heavy atom. The molecule has 11 heavy (non-hydrogen) atoms. The van der Waals surface area contributed by atoms with Crippen molar-refractivity contribution in [1.82, 2.24) is 4.72 Å². The third-order valence-corrected chi connectivity index (χ3v) is 2.31. The molecule has 0 heterocycles. The lowest BCUT2D eigenvalue weighted by Crippen LogP contribution is -2.24. The molecule has 0 spiro atoms. The van der Waals surface area contributed by atoms with Gasteiger partial charge in [0.2, 0.25) is 10.0 Å². The van der Waals surface area contributed by atoms with Crippen molar-refractivity contribution in [1.29, 1.82) is 0 Å². The van der Waals surface area contributed by atoms with Crippen LogP contribution in [0.5, 0.6) is 0 Å². The van der Waals surface area contributed by atoms with Gasteiger partial charge in [0.05, 0.1) is 6.26 Å². The highest BCUT2D eigenvalue weighted by atomic mass is 32.2. The molecule has 0 aromatic heterocycles. The molecule has 0 fully saturated rings. The van der Waals surface area contributed by atoms with E-state index in [4.69, 9.17) is 0 Å². The number of sulfonamides is 1. The zero-order chi connectivity index (χ0) is 8.91. The van der Waals surface area contributed by atoms with Gasteiger partial charge >= 0.3 is 0 Å². The number of hydrogen-bond donors (Lipinski definition) is 1. The molecule has 0 bridgehead atoms. The van der Waals surface area contributed by atoms with Gasteiger partial charge in [-0.25, -0.2) is 13.1 Å². The van der Waals surface area contributed by atoms with Crippen molar-refractivity contribution >= 4 is 26.9 Å². The van der Waals surface area contributed by atoms with Crippen molar-refractivity contribution in [3.05, 3.63) is 0 Å². The van der Waals surface area contributed by atoms with Gasteiger partial charge < -0.3 is 0 Å². The molecule has 0 atom stereocenters. The molecular formula is C5H11NO3S2. The molecule has 4 nitrogen and oxygen atoms in total. The normalized spacial score (nSPS) is 11.5. The molecule has 6 heteroatoms. The minimum atomic E-state index is -3.10. The van der Waals surface area contributed by atoms with Crippen molar-refractivity contribution in [2.45, 2.75) is 6.92 Å². The first-order valence-electron chi connectivity index (χ1n) is 3.00. The van der Waals surface area contributed by atoms with E-state index in [2.05, 4.69) is 4.72 Å². The average Bonchev–Trinajstić information content (AvgIpc) is 1.78. The molecule has 0 saturated carbocycles. The molecule has 0 amide bonds. The van der Waals surface area contributed by atoms with E-state index in [-0.39, 0.29) is 5.12 Å². The summed E-state index contributed by atoms with van der Waals surface area (Å²) >= 11 is 1.11. The first-order valence-corrected chi connectivity index (χ1v) is 5.87. The summed E-state index contributed by atoms with van der Waals surface area (Å²) in [7, 11) is -3.10. The molecule has 0 saturated heterocycles. The van der Waals surface area contributed by atoms with E-state index >= 15 is 0 Å². The van der Waals surface area contributed by atoms with Crippen LogP contribution in [0, 0.1) is 0 Å². The molecule has 0 unspecified atom stereocenters. The van der Waals surface area contributed by atoms with Gasteiger partial charge in [-0.1, -0.05) is 11.8 Å². The smallest absolute Gasteiger partial charge is 0.208 e. The van der Waals surface area contributed by atoms with Crippen LogP contribution in [0.1, 0.15) is 6.92 Å². The quantitative estimate of drug-likeness (QED) is 0.635. The van der Waals surface area contributed by atoms with E-state index < -0.39 is 10.0 Å². The number of nitrogens with one attached hydrogen (secondary N) is 1. The standard InChI is InChI=1S/C5H11NO3S2/c1-5(7)10-4-3-6-11(2,8)9/h6H,3-4H2,1-2H3. The topological polar surface area (TPSA) is 63.2 Å². The largest absolute Gasteiger partial charge is 0.288 e. The van der Waals surface area contributed by atoms with Gasteiger partial charge in [0.1, 0.15) is 0 Å². The predicted molar refractivity (Wildman–Crippen MR) is 46.0 cm³/mol. The Kier molecular flexibility index (Phi) is 4.71. The summed E-state index contributed by atoms with van der Waals surface area (Å²) in [4.78, 5) is 10.4. The summed E-state index contributed by atoms with van der Waals surface area (Å²) in [5.74, 6) is 0.488. The van der Waals surface area contributed by atoms with Crippen LogP contribution in [0.15, 0.2) is 0 Å². The summed E-state index contributed by atoms with van der Waals surface area (Å²) in [5, 5.41) is 0.000279. The minimum absolute atomic E-state index is 0.000279. The Hall–Kier alpha value is -0.0700. The van der Waals surface area contributed by atoms with Crippen LogP contribution in [0.2, 0.25) is 0 Å². The van der Waals surface area contributed by atoms with Crippen molar-refractivity contribution < 1.29 is 13.2 Å². The number of thioether (sulfide) groups is 1. The molecule has 0 aliphatic carbocycles. The van der Waals surface area contributed by atoms with Gasteiger partial charge in [-0.3, -0.25) is 4.79 Å². The van der Waals surface area contributed by atoms with E-state index in [1.807, 2.05) is 0 Å². The van der Waals surface area contributed by atoms with Crippen molar-refractivity contribution in [2.75, 3.05) is 18.6 Å². The molecule has 0 aromatic rings. The van der Waals surface area contributed by atoms with Gasteiger partial charge in [-0.05, 0) is 0 Å². The number of carbonyl (C=O) groups is 1. The fourth-order valence-electron chi connectivity index (χ4n) is 0.422. The molecule has 0 aliphatic rings. The van der Waals surface area contributed by atoms with E-state index in [1.54, 1.807) is 0 Å². The van der Waals surface area contributed by atoms with Crippen LogP contribution in [-0.2, 0) is 14.8 Å². The van der Waals surface area contributed by atoms with E-state index in [0.29, 0.717) is 12.3 Å². The Bertz CT molecular complexity index is 222. The zero-order valence-electron chi connectivity index (χ0n) is 6.46. The van der Waals surface area contributed by atoms with Crippen LogP contribution >= 0.6 is 11.8 Å². The fourth-order valence-corrected chi connectivity index (χ4v) is 1.52. The molecule has 0 aromatic carbocycles. The van der Waals surface area contributed by atoms with Gasteiger partial charge in [-0.15, -0.1) is 0 Å². The van der Waals surface area contributed by atoms with Crippen molar-refractivity contribution in [3.63, 3.8) is 0 Å². The number of carbonyl (C=O) groups excluding carboxylic acids is 1. The highest BCUT2D eigenvalue weighted by Crippen LogP contribution is 1.98. The van der Waals surface area contributed by atoms with Crippen LogP contribution in [0.3, 0.4) is 0 Å². The lowest BCUT2D eigenvalue weighted by Gasteiger charge is -1.98. The Labute approximate surface area is 70.8 Å². The van der Waals surface area contributed by atoms with Gasteiger partial charge in [-0.2, -0.15) is 0 Å². The lowest BCUT2D eigenvalue weighted by molar-refractivity contribution is -0.109.